The van der Waals surface area contributed by atoms with Gasteiger partial charge in [0.2, 0.25) is 11.8 Å². The molecule has 0 spiro atoms. The fourth-order valence-electron chi connectivity index (χ4n) is 3.78. The Bertz CT molecular complexity index is 826. The van der Waals surface area contributed by atoms with Gasteiger partial charge in [-0.15, -0.1) is 11.3 Å². The van der Waals surface area contributed by atoms with Crippen LogP contribution in [0.1, 0.15) is 24.6 Å². The van der Waals surface area contributed by atoms with Gasteiger partial charge in [-0.1, -0.05) is 19.1 Å². The van der Waals surface area contributed by atoms with Crippen molar-refractivity contribution in [2.45, 2.75) is 36.4 Å². The van der Waals surface area contributed by atoms with Crippen LogP contribution < -0.4 is 0 Å². The molecule has 0 bridgehead atoms. The maximum atomic E-state index is 12.7. The van der Waals surface area contributed by atoms with Crippen molar-refractivity contribution in [3.05, 3.63) is 29.2 Å². The van der Waals surface area contributed by atoms with E-state index in [4.69, 9.17) is 0 Å². The first-order valence-corrected chi connectivity index (χ1v) is 10.8. The van der Waals surface area contributed by atoms with E-state index in [1.165, 1.54) is 20.5 Å². The van der Waals surface area contributed by atoms with Crippen LogP contribution in [0.25, 0.3) is 0 Å². The van der Waals surface area contributed by atoms with Gasteiger partial charge in [0.1, 0.15) is 4.21 Å². The molecule has 0 aromatic carbocycles. The standard InChI is InChI=1S/C17H20N2O4S2/c1-2-12-7-8-15(24-12)25(22,23)18-9-11(10-18)19-16(20)13-5-3-4-6-14(13)17(19)21/h3-4,7-8,11,13-14H,2,5-6,9-10H2,1H3. The normalized spacial score (nSPS) is 27.6. The molecule has 1 aromatic rings. The number of hydrogen-bond donors (Lipinski definition) is 0. The molecular weight excluding hydrogens is 360 g/mol. The number of allylic oxidation sites excluding steroid dienone is 2. The van der Waals surface area contributed by atoms with Crippen molar-refractivity contribution in [3.63, 3.8) is 0 Å². The van der Waals surface area contributed by atoms with Crippen LogP contribution in [0.5, 0.6) is 0 Å². The fraction of sp³-hybridized carbons (Fsp3) is 0.529. The molecule has 1 aliphatic carbocycles. The highest BCUT2D eigenvalue weighted by atomic mass is 32.2. The van der Waals surface area contributed by atoms with Crippen molar-refractivity contribution >= 4 is 33.2 Å². The van der Waals surface area contributed by atoms with Gasteiger partial charge in [-0.3, -0.25) is 14.5 Å². The monoisotopic (exact) mass is 380 g/mol. The third-order valence-corrected chi connectivity index (χ3v) is 8.84. The Morgan fingerprint density at radius 2 is 1.68 bits per heavy atom. The van der Waals surface area contributed by atoms with Gasteiger partial charge in [-0.2, -0.15) is 4.31 Å². The Kier molecular flexibility index (Phi) is 4.09. The van der Waals surface area contributed by atoms with E-state index in [1.54, 1.807) is 6.07 Å². The van der Waals surface area contributed by atoms with Crippen molar-refractivity contribution in [2.24, 2.45) is 11.8 Å². The molecule has 2 saturated heterocycles. The van der Waals surface area contributed by atoms with Crippen LogP contribution in [-0.4, -0.2) is 48.6 Å². The van der Waals surface area contributed by atoms with E-state index in [-0.39, 0.29) is 42.8 Å². The van der Waals surface area contributed by atoms with Crippen LogP contribution in [-0.2, 0) is 26.0 Å². The Hall–Kier alpha value is -1.51. The molecule has 0 saturated carbocycles. The second-order valence-corrected chi connectivity index (χ2v) is 10.1. The first-order valence-electron chi connectivity index (χ1n) is 8.54. The summed E-state index contributed by atoms with van der Waals surface area (Å²) in [6.45, 7) is 2.39. The molecule has 4 rings (SSSR count). The fourth-order valence-corrected chi connectivity index (χ4v) is 6.74. The van der Waals surface area contributed by atoms with Crippen LogP contribution in [0.4, 0.5) is 0 Å². The lowest BCUT2D eigenvalue weighted by Gasteiger charge is -2.41. The summed E-state index contributed by atoms with van der Waals surface area (Å²) < 4.78 is 27.0. The van der Waals surface area contributed by atoms with E-state index >= 15 is 0 Å². The smallest absolute Gasteiger partial charge is 0.252 e. The van der Waals surface area contributed by atoms with Crippen molar-refractivity contribution in [3.8, 4) is 0 Å². The molecule has 25 heavy (non-hydrogen) atoms. The van der Waals surface area contributed by atoms with Crippen molar-refractivity contribution in [1.82, 2.24) is 9.21 Å². The number of hydrogen-bond acceptors (Lipinski definition) is 5. The van der Waals surface area contributed by atoms with Gasteiger partial charge in [0.25, 0.3) is 10.0 Å². The summed E-state index contributed by atoms with van der Waals surface area (Å²) in [6, 6.07) is 3.14. The Morgan fingerprint density at radius 1 is 1.08 bits per heavy atom. The van der Waals surface area contributed by atoms with E-state index < -0.39 is 10.0 Å². The van der Waals surface area contributed by atoms with Gasteiger partial charge in [0.15, 0.2) is 0 Å². The topological polar surface area (TPSA) is 74.8 Å². The Labute approximate surface area is 151 Å². The lowest BCUT2D eigenvalue weighted by atomic mass is 9.85. The van der Waals surface area contributed by atoms with E-state index in [1.807, 2.05) is 25.1 Å². The van der Waals surface area contributed by atoms with Crippen molar-refractivity contribution in [1.29, 1.82) is 0 Å². The summed E-state index contributed by atoms with van der Waals surface area (Å²) in [5.74, 6) is -0.781. The maximum absolute atomic E-state index is 12.7. The minimum Gasteiger partial charge on any atom is -0.276 e. The van der Waals surface area contributed by atoms with Gasteiger partial charge >= 0.3 is 0 Å². The minimum atomic E-state index is -3.52. The second kappa shape index (κ2) is 6.03. The van der Waals surface area contributed by atoms with Gasteiger partial charge in [-0.25, -0.2) is 8.42 Å². The van der Waals surface area contributed by atoms with Gasteiger partial charge in [0.05, 0.1) is 17.9 Å². The molecule has 1 aromatic heterocycles. The SMILES string of the molecule is CCc1ccc(S(=O)(=O)N2CC(N3C(=O)C4CC=CCC4C3=O)C2)s1. The number of carbonyl (C=O) groups is 2. The highest BCUT2D eigenvalue weighted by Gasteiger charge is 2.53. The summed E-state index contributed by atoms with van der Waals surface area (Å²) in [5, 5.41) is 0. The number of sulfonamides is 1. The number of aryl methyl sites for hydroxylation is 1. The molecule has 0 N–H and O–H groups in total. The van der Waals surface area contributed by atoms with Crippen molar-refractivity contribution < 1.29 is 18.0 Å². The van der Waals surface area contributed by atoms with Crippen molar-refractivity contribution in [2.75, 3.05) is 13.1 Å². The highest BCUT2D eigenvalue weighted by molar-refractivity contribution is 7.91. The molecule has 2 fully saturated rings. The number of carbonyl (C=O) groups excluding carboxylic acids is 2. The molecule has 2 aliphatic heterocycles. The number of imide groups is 1. The van der Waals surface area contributed by atoms with Gasteiger partial charge in [0, 0.05) is 18.0 Å². The maximum Gasteiger partial charge on any atom is 0.252 e. The number of amides is 2. The molecule has 134 valence electrons. The molecule has 3 heterocycles. The van der Waals surface area contributed by atoms with E-state index in [2.05, 4.69) is 0 Å². The van der Waals surface area contributed by atoms with E-state index in [0.717, 1.165) is 11.3 Å². The first kappa shape index (κ1) is 16.9. The lowest BCUT2D eigenvalue weighted by Crippen LogP contribution is -2.62. The van der Waals surface area contributed by atoms with E-state index in [0.29, 0.717) is 17.1 Å². The highest BCUT2D eigenvalue weighted by Crippen LogP contribution is 2.38. The molecule has 8 heteroatoms. The quantitative estimate of drug-likeness (QED) is 0.588. The van der Waals surface area contributed by atoms with Crippen LogP contribution in [0, 0.1) is 11.8 Å². The Balaban J connectivity index is 1.47. The predicted octanol–water partition coefficient (Wildman–Crippen LogP) is 1.63. The molecule has 2 atom stereocenters. The lowest BCUT2D eigenvalue weighted by molar-refractivity contribution is -0.145. The third-order valence-electron chi connectivity index (χ3n) is 5.32. The average Bonchev–Trinajstić information content (AvgIpc) is 3.14. The van der Waals surface area contributed by atoms with Crippen LogP contribution in [0.15, 0.2) is 28.5 Å². The molecule has 6 nitrogen and oxygen atoms in total. The summed E-state index contributed by atoms with van der Waals surface area (Å²) in [5.41, 5.74) is 0. The van der Waals surface area contributed by atoms with E-state index in [9.17, 15) is 18.0 Å². The first-order chi connectivity index (χ1) is 11.9. The van der Waals surface area contributed by atoms with Gasteiger partial charge in [-0.05, 0) is 31.4 Å². The number of nitrogens with zero attached hydrogens (tertiary/aromatic N) is 2. The average molecular weight is 380 g/mol. The number of thiophene rings is 1. The minimum absolute atomic E-state index is 0.134. The van der Waals surface area contributed by atoms with Gasteiger partial charge < -0.3 is 0 Å². The third kappa shape index (κ3) is 2.58. The zero-order valence-electron chi connectivity index (χ0n) is 13.9. The number of rotatable bonds is 4. The summed E-state index contributed by atoms with van der Waals surface area (Å²) in [4.78, 5) is 27.5. The zero-order chi connectivity index (χ0) is 17.8. The summed E-state index contributed by atoms with van der Waals surface area (Å²) in [7, 11) is -3.52. The largest absolute Gasteiger partial charge is 0.276 e. The molecular formula is C17H20N2O4S2. The molecule has 2 amide bonds. The van der Waals surface area contributed by atoms with Crippen LogP contribution in [0.3, 0.4) is 0 Å². The Morgan fingerprint density at radius 3 is 2.20 bits per heavy atom. The molecule has 2 unspecified atom stereocenters. The predicted molar refractivity (Wildman–Crippen MR) is 93.5 cm³/mol. The molecule has 3 aliphatic rings. The number of fused-ring (bicyclic) bond motifs is 1. The van der Waals surface area contributed by atoms with Crippen LogP contribution in [0.2, 0.25) is 0 Å². The second-order valence-electron chi connectivity index (χ2n) is 6.75. The number of likely N-dealkylation sites (tertiary alicyclic amines) is 1. The molecule has 0 radical (unpaired) electrons. The zero-order valence-corrected chi connectivity index (χ0v) is 15.6. The summed E-state index contributed by atoms with van der Waals surface area (Å²) >= 11 is 1.28. The van der Waals surface area contributed by atoms with Crippen LogP contribution >= 0.6 is 11.3 Å². The summed E-state index contributed by atoms with van der Waals surface area (Å²) in [6.07, 6.45) is 5.92.